The summed E-state index contributed by atoms with van der Waals surface area (Å²) in [4.78, 5) is 0.527. The molecule has 94 valence electrons. The van der Waals surface area contributed by atoms with Crippen molar-refractivity contribution in [1.82, 2.24) is 0 Å². The van der Waals surface area contributed by atoms with Crippen molar-refractivity contribution < 1.29 is 4.74 Å². The molecule has 0 unspecified atom stereocenters. The fourth-order valence-electron chi connectivity index (χ4n) is 1.79. The van der Waals surface area contributed by atoms with E-state index in [1.54, 1.807) is 0 Å². The van der Waals surface area contributed by atoms with Crippen molar-refractivity contribution in [1.29, 1.82) is 0 Å². The Morgan fingerprint density at radius 1 is 1.17 bits per heavy atom. The molecule has 0 aromatic heterocycles. The van der Waals surface area contributed by atoms with Crippen LogP contribution in [0.1, 0.15) is 12.8 Å². The quantitative estimate of drug-likeness (QED) is 0.665. The lowest BCUT2D eigenvalue weighted by Crippen LogP contribution is -2.09. The Kier molecular flexibility index (Phi) is 4.39. The predicted octanol–water partition coefficient (Wildman–Crippen LogP) is 3.94. The van der Waals surface area contributed by atoms with Crippen LogP contribution in [0.15, 0.2) is 36.4 Å². The lowest BCUT2D eigenvalue weighted by atomic mass is 10.1. The van der Waals surface area contributed by atoms with E-state index in [9.17, 15) is 0 Å². The Hall–Kier alpha value is -1.32. The normalized spacial score (nSPS) is 10.5. The van der Waals surface area contributed by atoms with Crippen molar-refractivity contribution >= 4 is 39.6 Å². The maximum atomic E-state index is 6.14. The van der Waals surface area contributed by atoms with Crippen molar-refractivity contribution in [2.75, 3.05) is 6.61 Å². The summed E-state index contributed by atoms with van der Waals surface area (Å²) < 4.78 is 5.75. The minimum absolute atomic E-state index is 0.527. The Bertz CT molecular complexity index is 571. The number of halogens is 1. The highest BCUT2D eigenvalue weighted by Crippen LogP contribution is 2.31. The van der Waals surface area contributed by atoms with Gasteiger partial charge in [0.2, 0.25) is 0 Å². The number of ether oxygens (including phenoxy) is 1. The van der Waals surface area contributed by atoms with Gasteiger partial charge in [-0.05, 0) is 18.6 Å². The molecule has 2 aromatic rings. The lowest BCUT2D eigenvalue weighted by Gasteiger charge is -2.10. The topological polar surface area (TPSA) is 35.2 Å². The molecule has 0 saturated heterocycles. The molecular weight excluding hydrogens is 266 g/mol. The summed E-state index contributed by atoms with van der Waals surface area (Å²) in [5, 5.41) is 2.77. The lowest BCUT2D eigenvalue weighted by molar-refractivity contribution is 0.317. The Morgan fingerprint density at radius 3 is 2.61 bits per heavy atom. The van der Waals surface area contributed by atoms with E-state index in [-0.39, 0.29) is 0 Å². The van der Waals surface area contributed by atoms with Crippen LogP contribution in [0.5, 0.6) is 5.75 Å². The van der Waals surface area contributed by atoms with E-state index in [1.165, 1.54) is 0 Å². The molecule has 0 atom stereocenters. The zero-order valence-electron chi connectivity index (χ0n) is 9.86. The molecule has 2 N–H and O–H groups in total. The number of fused-ring (bicyclic) bond motifs is 1. The van der Waals surface area contributed by atoms with Crippen LogP contribution in [-0.2, 0) is 0 Å². The van der Waals surface area contributed by atoms with Crippen LogP contribution >= 0.6 is 23.8 Å². The predicted molar refractivity (Wildman–Crippen MR) is 80.5 cm³/mol. The van der Waals surface area contributed by atoms with Crippen LogP contribution in [-0.4, -0.2) is 11.6 Å². The van der Waals surface area contributed by atoms with E-state index in [2.05, 4.69) is 0 Å². The first-order chi connectivity index (χ1) is 8.68. The molecule has 2 aromatic carbocycles. The third kappa shape index (κ3) is 3.12. The van der Waals surface area contributed by atoms with E-state index in [0.29, 0.717) is 18.0 Å². The maximum Gasteiger partial charge on any atom is 0.127 e. The third-order valence-corrected chi connectivity index (χ3v) is 3.19. The molecule has 18 heavy (non-hydrogen) atoms. The van der Waals surface area contributed by atoms with Gasteiger partial charge in [-0.3, -0.25) is 0 Å². The highest BCUT2D eigenvalue weighted by molar-refractivity contribution is 7.80. The van der Waals surface area contributed by atoms with E-state index < -0.39 is 0 Å². The SMILES string of the molecule is NC(=S)CCCOc1ccc(Cl)c2ccccc12. The first-order valence-corrected chi connectivity index (χ1v) is 6.55. The van der Waals surface area contributed by atoms with Crippen molar-refractivity contribution in [3.8, 4) is 5.75 Å². The van der Waals surface area contributed by atoms with Gasteiger partial charge in [0, 0.05) is 22.2 Å². The largest absolute Gasteiger partial charge is 0.493 e. The van der Waals surface area contributed by atoms with Crippen LogP contribution in [0, 0.1) is 0 Å². The molecule has 0 bridgehead atoms. The molecule has 0 spiro atoms. The number of thiocarbonyl (C=S) groups is 1. The van der Waals surface area contributed by atoms with Gasteiger partial charge in [-0.25, -0.2) is 0 Å². The van der Waals surface area contributed by atoms with Crippen molar-refractivity contribution in [3.05, 3.63) is 41.4 Å². The van der Waals surface area contributed by atoms with Gasteiger partial charge in [0.25, 0.3) is 0 Å². The molecule has 0 aliphatic carbocycles. The molecule has 0 heterocycles. The first-order valence-electron chi connectivity index (χ1n) is 5.77. The molecule has 0 amide bonds. The summed E-state index contributed by atoms with van der Waals surface area (Å²) in [7, 11) is 0. The highest BCUT2D eigenvalue weighted by atomic mass is 35.5. The second-order valence-electron chi connectivity index (χ2n) is 4.01. The van der Waals surface area contributed by atoms with Crippen molar-refractivity contribution in [3.63, 3.8) is 0 Å². The Labute approximate surface area is 117 Å². The number of hydrogen-bond acceptors (Lipinski definition) is 2. The van der Waals surface area contributed by atoms with Crippen LogP contribution in [0.3, 0.4) is 0 Å². The average Bonchev–Trinajstić information content (AvgIpc) is 2.37. The number of rotatable bonds is 5. The minimum Gasteiger partial charge on any atom is -0.493 e. The molecule has 0 fully saturated rings. The van der Waals surface area contributed by atoms with Crippen LogP contribution in [0.4, 0.5) is 0 Å². The minimum atomic E-state index is 0.527. The van der Waals surface area contributed by atoms with E-state index in [4.69, 9.17) is 34.3 Å². The van der Waals surface area contributed by atoms with Crippen molar-refractivity contribution in [2.45, 2.75) is 12.8 Å². The summed E-state index contributed by atoms with van der Waals surface area (Å²) in [5.41, 5.74) is 5.44. The van der Waals surface area contributed by atoms with Gasteiger partial charge in [-0.15, -0.1) is 0 Å². The number of benzene rings is 2. The fourth-order valence-corrected chi connectivity index (χ4v) is 2.16. The van der Waals surface area contributed by atoms with E-state index >= 15 is 0 Å². The van der Waals surface area contributed by atoms with E-state index in [0.717, 1.165) is 28.0 Å². The Balaban J connectivity index is 2.14. The van der Waals surface area contributed by atoms with Crippen molar-refractivity contribution in [2.24, 2.45) is 5.73 Å². The van der Waals surface area contributed by atoms with Gasteiger partial charge >= 0.3 is 0 Å². The van der Waals surface area contributed by atoms with Crippen LogP contribution in [0.25, 0.3) is 10.8 Å². The molecule has 0 radical (unpaired) electrons. The molecule has 0 saturated carbocycles. The Morgan fingerprint density at radius 2 is 1.89 bits per heavy atom. The molecule has 2 rings (SSSR count). The zero-order chi connectivity index (χ0) is 13.0. The van der Waals surface area contributed by atoms with Crippen LogP contribution in [0.2, 0.25) is 5.02 Å². The second-order valence-corrected chi connectivity index (χ2v) is 4.94. The molecule has 0 aliphatic heterocycles. The standard InChI is InChI=1S/C14H14ClNOS/c15-12-7-8-13(17-9-3-6-14(16)18)11-5-2-1-4-10(11)12/h1-2,4-5,7-8H,3,6,9H2,(H2,16,18). The summed E-state index contributed by atoms with van der Waals surface area (Å²) in [6, 6.07) is 11.7. The number of hydrogen-bond donors (Lipinski definition) is 1. The monoisotopic (exact) mass is 279 g/mol. The summed E-state index contributed by atoms with van der Waals surface area (Å²) in [6.07, 6.45) is 1.53. The fraction of sp³-hybridized carbons (Fsp3) is 0.214. The van der Waals surface area contributed by atoms with Gasteiger partial charge in [-0.1, -0.05) is 48.1 Å². The maximum absolute atomic E-state index is 6.14. The molecule has 0 aliphatic rings. The first kappa shape index (κ1) is 13.1. The summed E-state index contributed by atoms with van der Waals surface area (Å²) in [5.74, 6) is 0.845. The number of nitrogens with two attached hydrogens (primary N) is 1. The van der Waals surface area contributed by atoms with Gasteiger partial charge < -0.3 is 10.5 Å². The molecule has 4 heteroatoms. The molecular formula is C14H14ClNOS. The van der Waals surface area contributed by atoms with Gasteiger partial charge in [0.05, 0.1) is 11.6 Å². The summed E-state index contributed by atoms with van der Waals surface area (Å²) >= 11 is 11.0. The average molecular weight is 280 g/mol. The second kappa shape index (κ2) is 6.03. The third-order valence-electron chi connectivity index (χ3n) is 2.66. The highest BCUT2D eigenvalue weighted by Gasteiger charge is 2.04. The zero-order valence-corrected chi connectivity index (χ0v) is 11.4. The van der Waals surface area contributed by atoms with Gasteiger partial charge in [0.15, 0.2) is 0 Å². The van der Waals surface area contributed by atoms with Gasteiger partial charge in [0.1, 0.15) is 5.75 Å². The summed E-state index contributed by atoms with van der Waals surface area (Å²) in [6.45, 7) is 0.600. The smallest absolute Gasteiger partial charge is 0.127 e. The van der Waals surface area contributed by atoms with Gasteiger partial charge in [-0.2, -0.15) is 0 Å². The van der Waals surface area contributed by atoms with E-state index in [1.807, 2.05) is 36.4 Å². The molecule has 2 nitrogen and oxygen atoms in total. The van der Waals surface area contributed by atoms with Crippen LogP contribution < -0.4 is 10.5 Å².